The van der Waals surface area contributed by atoms with Gasteiger partial charge < -0.3 is 19.3 Å². The van der Waals surface area contributed by atoms with Gasteiger partial charge in [-0.3, -0.25) is 0 Å². The molecular formula is C29H26ClFN4O5S. The van der Waals surface area contributed by atoms with Gasteiger partial charge in [-0.2, -0.15) is 5.48 Å². The van der Waals surface area contributed by atoms with E-state index in [0.717, 1.165) is 17.2 Å². The SMILES string of the molecule is CON[C@H](CS(C)(=O)=O)c1ccc(-c2ccc3ncnc(Nc4ccc(OCc5cccc(F)c5)c(Cl)c4)c3c2)o1. The van der Waals surface area contributed by atoms with E-state index in [4.69, 9.17) is 25.6 Å². The lowest BCUT2D eigenvalue weighted by Crippen LogP contribution is -2.26. The maximum Gasteiger partial charge on any atom is 0.149 e. The van der Waals surface area contributed by atoms with E-state index < -0.39 is 15.9 Å². The molecule has 2 N–H and O–H groups in total. The van der Waals surface area contributed by atoms with Gasteiger partial charge in [0.15, 0.2) is 0 Å². The number of hydroxylamine groups is 1. The van der Waals surface area contributed by atoms with Crippen molar-refractivity contribution >= 4 is 43.8 Å². The molecule has 2 aromatic heterocycles. The van der Waals surface area contributed by atoms with Gasteiger partial charge in [0.2, 0.25) is 0 Å². The first kappa shape index (κ1) is 28.5. The predicted molar refractivity (Wildman–Crippen MR) is 155 cm³/mol. The Morgan fingerprint density at radius 3 is 2.66 bits per heavy atom. The van der Waals surface area contributed by atoms with Gasteiger partial charge in [0.25, 0.3) is 0 Å². The van der Waals surface area contributed by atoms with Crippen molar-refractivity contribution in [1.29, 1.82) is 0 Å². The molecule has 41 heavy (non-hydrogen) atoms. The maximum absolute atomic E-state index is 13.4. The first-order valence-electron chi connectivity index (χ1n) is 12.4. The molecule has 0 amide bonds. The Morgan fingerprint density at radius 2 is 1.90 bits per heavy atom. The summed E-state index contributed by atoms with van der Waals surface area (Å²) in [6.45, 7) is 0.175. The minimum atomic E-state index is -3.30. The number of fused-ring (bicyclic) bond motifs is 1. The third-order valence-electron chi connectivity index (χ3n) is 6.10. The molecule has 9 nitrogen and oxygen atoms in total. The smallest absolute Gasteiger partial charge is 0.149 e. The molecule has 0 bridgehead atoms. The standard InChI is InChI=1S/C29H26ClFN4O5S/c1-38-35-25(16-41(2,36)37)28-11-10-26(40-28)19-6-8-24-22(13-19)29(33-17-32-24)34-21-7-9-27(23(30)14-21)39-15-18-4-3-5-20(31)12-18/h3-14,17,25,35H,15-16H2,1-2H3,(H,32,33,34)/t25-/m1/s1. The topological polar surface area (TPSA) is 116 Å². The molecule has 12 heteroatoms. The van der Waals surface area contributed by atoms with Gasteiger partial charge in [0, 0.05) is 22.9 Å². The number of nitrogens with one attached hydrogen (secondary N) is 2. The molecule has 0 aliphatic carbocycles. The Bertz CT molecular complexity index is 1800. The molecule has 0 spiro atoms. The molecule has 0 saturated carbocycles. The Kier molecular flexibility index (Phi) is 8.50. The van der Waals surface area contributed by atoms with Crippen molar-refractivity contribution in [2.45, 2.75) is 12.6 Å². The van der Waals surface area contributed by atoms with Crippen LogP contribution in [0.3, 0.4) is 0 Å². The van der Waals surface area contributed by atoms with Crippen molar-refractivity contribution in [3.8, 4) is 17.1 Å². The van der Waals surface area contributed by atoms with Crippen LogP contribution in [-0.2, 0) is 21.3 Å². The molecule has 5 aromatic rings. The lowest BCUT2D eigenvalue weighted by molar-refractivity contribution is 0.0606. The zero-order chi connectivity index (χ0) is 29.0. The van der Waals surface area contributed by atoms with Crippen LogP contribution in [0.5, 0.6) is 5.75 Å². The van der Waals surface area contributed by atoms with E-state index in [1.165, 1.54) is 25.6 Å². The number of rotatable bonds is 11. The third kappa shape index (κ3) is 7.19. The minimum Gasteiger partial charge on any atom is -0.487 e. The zero-order valence-corrected chi connectivity index (χ0v) is 23.7. The fourth-order valence-corrected chi connectivity index (χ4v) is 5.32. The van der Waals surface area contributed by atoms with Crippen LogP contribution in [0.1, 0.15) is 17.4 Å². The summed E-state index contributed by atoms with van der Waals surface area (Å²) in [5, 5.41) is 4.38. The van der Waals surface area contributed by atoms with Crippen molar-refractivity contribution < 1.29 is 26.8 Å². The summed E-state index contributed by atoms with van der Waals surface area (Å²) in [4.78, 5) is 13.7. The van der Waals surface area contributed by atoms with Crippen LogP contribution >= 0.6 is 11.6 Å². The van der Waals surface area contributed by atoms with Gasteiger partial charge in [-0.05, 0) is 66.2 Å². The molecular weight excluding hydrogens is 571 g/mol. The molecule has 0 aliphatic rings. The fourth-order valence-electron chi connectivity index (χ4n) is 4.24. The summed E-state index contributed by atoms with van der Waals surface area (Å²) < 4.78 is 48.9. The minimum absolute atomic E-state index is 0.175. The van der Waals surface area contributed by atoms with Crippen LogP contribution in [0, 0.1) is 5.82 Å². The van der Waals surface area contributed by atoms with Crippen molar-refractivity contribution in [2.75, 3.05) is 24.4 Å². The summed E-state index contributed by atoms with van der Waals surface area (Å²) >= 11 is 6.47. The van der Waals surface area contributed by atoms with E-state index in [9.17, 15) is 12.8 Å². The molecule has 3 aromatic carbocycles. The van der Waals surface area contributed by atoms with E-state index in [1.807, 2.05) is 18.2 Å². The molecule has 0 radical (unpaired) electrons. The van der Waals surface area contributed by atoms with Crippen molar-refractivity contribution in [3.63, 3.8) is 0 Å². The molecule has 0 saturated heterocycles. The molecule has 1 atom stereocenters. The van der Waals surface area contributed by atoms with Crippen molar-refractivity contribution in [2.24, 2.45) is 0 Å². The maximum atomic E-state index is 13.4. The summed E-state index contributed by atoms with van der Waals surface area (Å²) in [5.41, 5.74) is 5.49. The lowest BCUT2D eigenvalue weighted by Gasteiger charge is -2.14. The fraction of sp³-hybridized carbons (Fsp3) is 0.172. The van der Waals surface area contributed by atoms with Gasteiger partial charge in [0.05, 0.1) is 23.4 Å². The Morgan fingerprint density at radius 1 is 1.05 bits per heavy atom. The Labute approximate surface area is 241 Å². The van der Waals surface area contributed by atoms with Crippen LogP contribution in [0.15, 0.2) is 83.5 Å². The lowest BCUT2D eigenvalue weighted by atomic mass is 10.1. The number of aromatic nitrogens is 2. The van der Waals surface area contributed by atoms with Gasteiger partial charge in [-0.15, -0.1) is 0 Å². The second-order valence-electron chi connectivity index (χ2n) is 9.31. The third-order valence-corrected chi connectivity index (χ3v) is 7.33. The number of benzene rings is 3. The van der Waals surface area contributed by atoms with Crippen LogP contribution < -0.4 is 15.5 Å². The summed E-state index contributed by atoms with van der Waals surface area (Å²) in [6.07, 6.45) is 2.61. The Balaban J connectivity index is 1.37. The van der Waals surface area contributed by atoms with Crippen molar-refractivity contribution in [1.82, 2.24) is 15.4 Å². The largest absolute Gasteiger partial charge is 0.487 e. The van der Waals surface area contributed by atoms with E-state index in [2.05, 4.69) is 20.8 Å². The monoisotopic (exact) mass is 596 g/mol. The highest BCUT2D eigenvalue weighted by molar-refractivity contribution is 7.90. The molecule has 0 aliphatic heterocycles. The number of hydrogen-bond donors (Lipinski definition) is 2. The van der Waals surface area contributed by atoms with Crippen LogP contribution in [0.25, 0.3) is 22.2 Å². The highest BCUT2D eigenvalue weighted by Crippen LogP contribution is 2.33. The van der Waals surface area contributed by atoms with Crippen LogP contribution in [0.4, 0.5) is 15.9 Å². The number of ether oxygens (including phenoxy) is 1. The zero-order valence-electron chi connectivity index (χ0n) is 22.1. The van der Waals surface area contributed by atoms with E-state index in [0.29, 0.717) is 44.9 Å². The highest BCUT2D eigenvalue weighted by Gasteiger charge is 2.21. The predicted octanol–water partition coefficient (Wildman–Crippen LogP) is 6.24. The number of hydrogen-bond acceptors (Lipinski definition) is 9. The summed E-state index contributed by atoms with van der Waals surface area (Å²) in [7, 11) is -1.88. The normalized spacial score (nSPS) is 12.4. The average Bonchev–Trinajstić information content (AvgIpc) is 3.42. The first-order valence-corrected chi connectivity index (χ1v) is 14.9. The van der Waals surface area contributed by atoms with Gasteiger partial charge in [-0.1, -0.05) is 23.7 Å². The number of nitrogens with zero attached hydrogens (tertiary/aromatic N) is 2. The van der Waals surface area contributed by atoms with Gasteiger partial charge >= 0.3 is 0 Å². The second kappa shape index (κ2) is 12.2. The Hall–Kier alpha value is -4.03. The molecule has 212 valence electrons. The summed E-state index contributed by atoms with van der Waals surface area (Å²) in [5.74, 6) is 1.44. The van der Waals surface area contributed by atoms with Gasteiger partial charge in [-0.25, -0.2) is 22.8 Å². The van der Waals surface area contributed by atoms with E-state index >= 15 is 0 Å². The molecule has 0 unspecified atom stereocenters. The number of sulfone groups is 1. The molecule has 5 rings (SSSR count). The molecule has 0 fully saturated rings. The number of halogens is 2. The first-order chi connectivity index (χ1) is 19.7. The van der Waals surface area contributed by atoms with Gasteiger partial charge in [0.1, 0.15) is 57.7 Å². The van der Waals surface area contributed by atoms with Crippen LogP contribution in [0.2, 0.25) is 5.02 Å². The quantitative estimate of drug-likeness (QED) is 0.171. The average molecular weight is 597 g/mol. The van der Waals surface area contributed by atoms with Crippen molar-refractivity contribution in [3.05, 3.63) is 101 Å². The van der Waals surface area contributed by atoms with E-state index in [-0.39, 0.29) is 18.2 Å². The number of anilines is 2. The van der Waals surface area contributed by atoms with E-state index in [1.54, 1.807) is 42.5 Å². The summed E-state index contributed by atoms with van der Waals surface area (Å²) in [6, 6.07) is 19.8. The highest BCUT2D eigenvalue weighted by atomic mass is 35.5. The van der Waals surface area contributed by atoms with Crippen LogP contribution in [-0.4, -0.2) is 37.5 Å². The number of furan rings is 1. The second-order valence-corrected chi connectivity index (χ2v) is 11.9. The molecule has 2 heterocycles.